The summed E-state index contributed by atoms with van der Waals surface area (Å²) in [4.78, 5) is 0. The van der Waals surface area contributed by atoms with Gasteiger partial charge in [-0.05, 0) is 30.0 Å². The third kappa shape index (κ3) is 2.96. The lowest BCUT2D eigenvalue weighted by Crippen LogP contribution is -2.25. The quantitative estimate of drug-likeness (QED) is 0.825. The van der Waals surface area contributed by atoms with Crippen molar-refractivity contribution < 1.29 is 4.42 Å². The van der Waals surface area contributed by atoms with Crippen LogP contribution in [0.1, 0.15) is 11.1 Å². The Bertz CT molecular complexity index is 380. The highest BCUT2D eigenvalue weighted by atomic mass is 16.3. The van der Waals surface area contributed by atoms with Gasteiger partial charge < -0.3 is 10.2 Å². The van der Waals surface area contributed by atoms with Crippen LogP contribution in [-0.2, 0) is 12.8 Å². The minimum atomic E-state index is 0.157. The molecule has 0 aliphatic heterocycles. The highest BCUT2D eigenvalue weighted by Crippen LogP contribution is 2.07. The average molecular weight is 201 g/mol. The Morgan fingerprint density at radius 3 is 2.40 bits per heavy atom. The van der Waals surface area contributed by atoms with Crippen LogP contribution in [0.15, 0.2) is 53.3 Å². The third-order valence-corrected chi connectivity index (χ3v) is 2.42. The van der Waals surface area contributed by atoms with Gasteiger partial charge in [-0.25, -0.2) is 0 Å². The summed E-state index contributed by atoms with van der Waals surface area (Å²) in [6, 6.07) is 12.4. The first-order valence-corrected chi connectivity index (χ1v) is 5.15. The van der Waals surface area contributed by atoms with E-state index in [0.29, 0.717) is 0 Å². The molecular weight excluding hydrogens is 186 g/mol. The normalized spacial score (nSPS) is 12.6. The number of rotatable bonds is 4. The van der Waals surface area contributed by atoms with Gasteiger partial charge in [0.25, 0.3) is 0 Å². The summed E-state index contributed by atoms with van der Waals surface area (Å²) in [6.07, 6.45) is 5.22. The van der Waals surface area contributed by atoms with Gasteiger partial charge in [0.2, 0.25) is 0 Å². The number of furan rings is 1. The van der Waals surface area contributed by atoms with Gasteiger partial charge in [-0.2, -0.15) is 0 Å². The molecule has 0 amide bonds. The molecule has 0 radical (unpaired) electrons. The van der Waals surface area contributed by atoms with Crippen LogP contribution < -0.4 is 5.73 Å². The fourth-order valence-electron chi connectivity index (χ4n) is 1.70. The van der Waals surface area contributed by atoms with Crippen molar-refractivity contribution in [1.82, 2.24) is 0 Å². The van der Waals surface area contributed by atoms with E-state index in [0.717, 1.165) is 12.8 Å². The van der Waals surface area contributed by atoms with Crippen LogP contribution in [-0.4, -0.2) is 6.04 Å². The van der Waals surface area contributed by atoms with Crippen LogP contribution in [0, 0.1) is 0 Å². The Hall–Kier alpha value is -1.54. The molecule has 0 bridgehead atoms. The fraction of sp³-hybridized carbons (Fsp3) is 0.231. The zero-order chi connectivity index (χ0) is 10.5. The van der Waals surface area contributed by atoms with E-state index in [1.54, 1.807) is 12.5 Å². The fourth-order valence-corrected chi connectivity index (χ4v) is 1.70. The summed E-state index contributed by atoms with van der Waals surface area (Å²) < 4.78 is 5.01. The summed E-state index contributed by atoms with van der Waals surface area (Å²) in [5.41, 5.74) is 8.51. The largest absolute Gasteiger partial charge is 0.472 e. The van der Waals surface area contributed by atoms with Gasteiger partial charge in [0.1, 0.15) is 0 Å². The minimum Gasteiger partial charge on any atom is -0.472 e. The molecule has 2 heteroatoms. The molecule has 2 aromatic rings. The SMILES string of the molecule is NC(Cc1ccccc1)Cc1ccoc1. The second-order valence-electron chi connectivity index (χ2n) is 3.79. The highest BCUT2D eigenvalue weighted by molar-refractivity contribution is 5.17. The third-order valence-electron chi connectivity index (χ3n) is 2.42. The van der Waals surface area contributed by atoms with Crippen LogP contribution in [0.2, 0.25) is 0 Å². The van der Waals surface area contributed by atoms with Crippen molar-refractivity contribution >= 4 is 0 Å². The Labute approximate surface area is 89.7 Å². The first-order chi connectivity index (χ1) is 7.34. The van der Waals surface area contributed by atoms with E-state index in [4.69, 9.17) is 10.2 Å². The van der Waals surface area contributed by atoms with Crippen molar-refractivity contribution in [2.45, 2.75) is 18.9 Å². The highest BCUT2D eigenvalue weighted by Gasteiger charge is 2.05. The van der Waals surface area contributed by atoms with Crippen molar-refractivity contribution in [3.05, 3.63) is 60.1 Å². The Morgan fingerprint density at radius 1 is 1.00 bits per heavy atom. The van der Waals surface area contributed by atoms with Crippen LogP contribution in [0.3, 0.4) is 0 Å². The molecule has 2 nitrogen and oxygen atoms in total. The van der Waals surface area contributed by atoms with Gasteiger partial charge in [0, 0.05) is 6.04 Å². The van der Waals surface area contributed by atoms with E-state index in [1.165, 1.54) is 11.1 Å². The minimum absolute atomic E-state index is 0.157. The summed E-state index contributed by atoms with van der Waals surface area (Å²) >= 11 is 0. The predicted molar refractivity (Wildman–Crippen MR) is 60.5 cm³/mol. The second kappa shape index (κ2) is 4.80. The first kappa shape index (κ1) is 9.99. The van der Waals surface area contributed by atoms with Crippen LogP contribution in [0.5, 0.6) is 0 Å². The summed E-state index contributed by atoms with van der Waals surface area (Å²) in [5, 5.41) is 0. The average Bonchev–Trinajstić information content (AvgIpc) is 2.71. The molecule has 1 aromatic carbocycles. The van der Waals surface area contributed by atoms with Gasteiger partial charge in [0.05, 0.1) is 12.5 Å². The van der Waals surface area contributed by atoms with E-state index < -0.39 is 0 Å². The molecule has 15 heavy (non-hydrogen) atoms. The smallest absolute Gasteiger partial charge is 0.0935 e. The maximum atomic E-state index is 6.06. The Morgan fingerprint density at radius 2 is 1.73 bits per heavy atom. The molecule has 0 fully saturated rings. The molecule has 2 rings (SSSR count). The molecule has 1 unspecified atom stereocenters. The maximum Gasteiger partial charge on any atom is 0.0935 e. The standard InChI is InChI=1S/C13H15NO/c14-13(9-12-6-7-15-10-12)8-11-4-2-1-3-5-11/h1-7,10,13H,8-9,14H2. The van der Waals surface area contributed by atoms with Gasteiger partial charge in [-0.15, -0.1) is 0 Å². The van der Waals surface area contributed by atoms with Crippen molar-refractivity contribution in [3.8, 4) is 0 Å². The molecular formula is C13H15NO. The molecule has 1 aromatic heterocycles. The predicted octanol–water partition coefficient (Wildman–Crippen LogP) is 2.39. The van der Waals surface area contributed by atoms with Gasteiger partial charge in [-0.3, -0.25) is 0 Å². The second-order valence-corrected chi connectivity index (χ2v) is 3.79. The van der Waals surface area contributed by atoms with E-state index in [1.807, 2.05) is 24.3 Å². The van der Waals surface area contributed by atoms with Crippen LogP contribution in [0.4, 0.5) is 0 Å². The molecule has 0 spiro atoms. The van der Waals surface area contributed by atoms with Crippen LogP contribution >= 0.6 is 0 Å². The Kier molecular flexibility index (Phi) is 3.20. The van der Waals surface area contributed by atoms with Gasteiger partial charge in [0.15, 0.2) is 0 Å². The lowest BCUT2D eigenvalue weighted by atomic mass is 10.0. The molecule has 2 N–H and O–H groups in total. The van der Waals surface area contributed by atoms with Crippen molar-refractivity contribution in [3.63, 3.8) is 0 Å². The molecule has 1 heterocycles. The zero-order valence-electron chi connectivity index (χ0n) is 8.60. The maximum absolute atomic E-state index is 6.06. The van der Waals surface area contributed by atoms with E-state index in [-0.39, 0.29) is 6.04 Å². The lowest BCUT2D eigenvalue weighted by molar-refractivity contribution is 0.559. The number of hydrogen-bond donors (Lipinski definition) is 1. The monoisotopic (exact) mass is 201 g/mol. The van der Waals surface area contributed by atoms with Crippen molar-refractivity contribution in [2.24, 2.45) is 5.73 Å². The summed E-state index contributed by atoms with van der Waals surface area (Å²) in [7, 11) is 0. The molecule has 0 saturated carbocycles. The van der Waals surface area contributed by atoms with E-state index in [2.05, 4.69) is 12.1 Å². The van der Waals surface area contributed by atoms with Crippen LogP contribution in [0.25, 0.3) is 0 Å². The number of nitrogens with two attached hydrogens (primary N) is 1. The van der Waals surface area contributed by atoms with E-state index >= 15 is 0 Å². The van der Waals surface area contributed by atoms with Gasteiger partial charge >= 0.3 is 0 Å². The number of benzene rings is 1. The lowest BCUT2D eigenvalue weighted by Gasteiger charge is -2.09. The first-order valence-electron chi connectivity index (χ1n) is 5.15. The van der Waals surface area contributed by atoms with Gasteiger partial charge in [-0.1, -0.05) is 30.3 Å². The molecule has 78 valence electrons. The summed E-state index contributed by atoms with van der Waals surface area (Å²) in [6.45, 7) is 0. The van der Waals surface area contributed by atoms with Crippen molar-refractivity contribution in [2.75, 3.05) is 0 Å². The molecule has 0 aliphatic carbocycles. The molecule has 0 aliphatic rings. The van der Waals surface area contributed by atoms with E-state index in [9.17, 15) is 0 Å². The van der Waals surface area contributed by atoms with Crippen molar-refractivity contribution in [1.29, 1.82) is 0 Å². The summed E-state index contributed by atoms with van der Waals surface area (Å²) in [5.74, 6) is 0. The zero-order valence-corrected chi connectivity index (χ0v) is 8.60. The topological polar surface area (TPSA) is 39.2 Å². The molecule has 0 saturated heterocycles. The Balaban J connectivity index is 1.90. The molecule has 1 atom stereocenters. The number of hydrogen-bond acceptors (Lipinski definition) is 2.